The van der Waals surface area contributed by atoms with Gasteiger partial charge in [-0.05, 0) is 66.8 Å². The lowest BCUT2D eigenvalue weighted by Gasteiger charge is -2.48. The fourth-order valence-electron chi connectivity index (χ4n) is 4.86. The van der Waals surface area contributed by atoms with Gasteiger partial charge in [0.05, 0.1) is 12.0 Å². The highest BCUT2D eigenvalue weighted by Crippen LogP contribution is 2.48. The van der Waals surface area contributed by atoms with Crippen LogP contribution in [-0.4, -0.2) is 5.91 Å². The van der Waals surface area contributed by atoms with Crippen molar-refractivity contribution in [2.45, 2.75) is 31.9 Å². The maximum absolute atomic E-state index is 13.6. The first-order valence-electron chi connectivity index (χ1n) is 12.2. The van der Waals surface area contributed by atoms with Gasteiger partial charge in [-0.25, -0.2) is 4.39 Å². The number of nitrogens with zero attached hydrogens (tertiary/aromatic N) is 1. The van der Waals surface area contributed by atoms with Crippen LogP contribution in [0.4, 0.5) is 10.1 Å². The van der Waals surface area contributed by atoms with E-state index in [9.17, 15) is 9.18 Å². The van der Waals surface area contributed by atoms with E-state index < -0.39 is 0 Å². The first-order valence-corrected chi connectivity index (χ1v) is 13.0. The van der Waals surface area contributed by atoms with Crippen LogP contribution in [0.15, 0.2) is 108 Å². The number of anilines is 1. The molecule has 0 aliphatic carbocycles. The molecule has 0 N–H and O–H groups in total. The van der Waals surface area contributed by atoms with Gasteiger partial charge in [0.25, 0.3) is 0 Å². The van der Waals surface area contributed by atoms with Crippen molar-refractivity contribution in [1.29, 1.82) is 0 Å². The summed E-state index contributed by atoms with van der Waals surface area (Å²) >= 11 is 3.57. The normalized spacial score (nSPS) is 17.1. The summed E-state index contributed by atoms with van der Waals surface area (Å²) < 4.78 is 20.8. The number of rotatable bonds is 9. The predicted octanol–water partition coefficient (Wildman–Crippen LogP) is 7.89. The maximum Gasteiger partial charge on any atom is 0.233 e. The standard InChI is InChI=1S/C31H27BrFNO2/c32-24-14-19-27(29(20-24)36-21-23-10-5-2-6-11-23)30-28(13-7-12-22-8-3-1-4-9-22)31(35)34(30)26-17-15-25(33)16-18-26/h1-6,8-11,14-20,28,30H,7,12-13,21H2. The molecule has 4 aromatic carbocycles. The Morgan fingerprint density at radius 1 is 0.833 bits per heavy atom. The van der Waals surface area contributed by atoms with Gasteiger partial charge in [-0.1, -0.05) is 82.7 Å². The number of hydrogen-bond donors (Lipinski definition) is 0. The number of β-lactam (4-membered cyclic amide) rings is 1. The quantitative estimate of drug-likeness (QED) is 0.201. The van der Waals surface area contributed by atoms with Crippen LogP contribution in [0.5, 0.6) is 5.75 Å². The second kappa shape index (κ2) is 11.1. The van der Waals surface area contributed by atoms with Gasteiger partial charge in [-0.2, -0.15) is 0 Å². The molecule has 0 aromatic heterocycles. The minimum Gasteiger partial charge on any atom is -0.489 e. The Hall–Kier alpha value is -3.44. The molecule has 1 heterocycles. The first kappa shape index (κ1) is 24.3. The number of aryl methyl sites for hydroxylation is 1. The predicted molar refractivity (Wildman–Crippen MR) is 144 cm³/mol. The van der Waals surface area contributed by atoms with Gasteiger partial charge >= 0.3 is 0 Å². The number of amides is 1. The van der Waals surface area contributed by atoms with Gasteiger partial charge in [0.15, 0.2) is 0 Å². The molecule has 182 valence electrons. The summed E-state index contributed by atoms with van der Waals surface area (Å²) in [7, 11) is 0. The van der Waals surface area contributed by atoms with Crippen LogP contribution in [0.1, 0.15) is 35.6 Å². The van der Waals surface area contributed by atoms with E-state index in [0.717, 1.165) is 40.6 Å². The molecular weight excluding hydrogens is 517 g/mol. The molecule has 3 nitrogen and oxygen atoms in total. The van der Waals surface area contributed by atoms with Gasteiger partial charge in [0.2, 0.25) is 5.91 Å². The van der Waals surface area contributed by atoms with Crippen molar-refractivity contribution >= 4 is 27.5 Å². The van der Waals surface area contributed by atoms with Crippen LogP contribution < -0.4 is 9.64 Å². The molecular formula is C31H27BrFNO2. The van der Waals surface area contributed by atoms with Gasteiger partial charge < -0.3 is 9.64 Å². The molecule has 0 radical (unpaired) electrons. The average molecular weight is 544 g/mol. The summed E-state index contributed by atoms with van der Waals surface area (Å²) in [5.41, 5.74) is 4.00. The Labute approximate surface area is 219 Å². The molecule has 4 aromatic rings. The molecule has 0 bridgehead atoms. The van der Waals surface area contributed by atoms with Crippen molar-refractivity contribution in [3.05, 3.63) is 130 Å². The Bertz CT molecular complexity index is 1310. The van der Waals surface area contributed by atoms with E-state index in [1.807, 2.05) is 66.7 Å². The molecule has 1 aliphatic rings. The Kier molecular flexibility index (Phi) is 7.47. The van der Waals surface area contributed by atoms with E-state index in [0.29, 0.717) is 12.3 Å². The summed E-state index contributed by atoms with van der Waals surface area (Å²) in [4.78, 5) is 15.2. The number of halogens is 2. The minimum atomic E-state index is -0.321. The molecule has 1 fully saturated rings. The van der Waals surface area contributed by atoms with Crippen LogP contribution in [0.3, 0.4) is 0 Å². The van der Waals surface area contributed by atoms with Crippen molar-refractivity contribution in [1.82, 2.24) is 0 Å². The molecule has 36 heavy (non-hydrogen) atoms. The van der Waals surface area contributed by atoms with Crippen LogP contribution in [0.2, 0.25) is 0 Å². The summed E-state index contributed by atoms with van der Waals surface area (Å²) in [6.07, 6.45) is 2.60. The van der Waals surface area contributed by atoms with Crippen molar-refractivity contribution in [3.8, 4) is 5.75 Å². The number of hydrogen-bond acceptors (Lipinski definition) is 2. The van der Waals surface area contributed by atoms with E-state index in [2.05, 4.69) is 28.1 Å². The third-order valence-electron chi connectivity index (χ3n) is 6.67. The fraction of sp³-hybridized carbons (Fsp3) is 0.194. The highest BCUT2D eigenvalue weighted by atomic mass is 79.9. The van der Waals surface area contributed by atoms with Crippen LogP contribution >= 0.6 is 15.9 Å². The Balaban J connectivity index is 1.42. The topological polar surface area (TPSA) is 29.5 Å². The summed E-state index contributed by atoms with van der Waals surface area (Å²) in [6.45, 7) is 0.431. The summed E-state index contributed by atoms with van der Waals surface area (Å²) in [6, 6.07) is 32.3. The minimum absolute atomic E-state index is 0.0663. The van der Waals surface area contributed by atoms with E-state index in [1.165, 1.54) is 17.7 Å². The molecule has 1 aliphatic heterocycles. The highest BCUT2D eigenvalue weighted by molar-refractivity contribution is 9.10. The second-order valence-corrected chi connectivity index (χ2v) is 9.99. The van der Waals surface area contributed by atoms with Gasteiger partial charge in [0, 0.05) is 15.7 Å². The molecule has 0 spiro atoms. The fourth-order valence-corrected chi connectivity index (χ4v) is 5.20. The second-order valence-electron chi connectivity index (χ2n) is 9.07. The van der Waals surface area contributed by atoms with E-state index in [4.69, 9.17) is 4.74 Å². The van der Waals surface area contributed by atoms with Gasteiger partial charge in [-0.15, -0.1) is 0 Å². The Morgan fingerprint density at radius 2 is 1.50 bits per heavy atom. The Morgan fingerprint density at radius 3 is 2.19 bits per heavy atom. The molecule has 2 atom stereocenters. The third kappa shape index (κ3) is 5.36. The average Bonchev–Trinajstić information content (AvgIpc) is 2.91. The lowest BCUT2D eigenvalue weighted by molar-refractivity contribution is -0.130. The van der Waals surface area contributed by atoms with E-state index in [1.54, 1.807) is 17.0 Å². The number of carbonyl (C=O) groups excluding carboxylic acids is 1. The van der Waals surface area contributed by atoms with E-state index >= 15 is 0 Å². The summed E-state index contributed by atoms with van der Waals surface area (Å²) in [5, 5.41) is 0. The van der Waals surface area contributed by atoms with Crippen LogP contribution in [0.25, 0.3) is 0 Å². The van der Waals surface area contributed by atoms with Crippen molar-refractivity contribution < 1.29 is 13.9 Å². The molecule has 1 amide bonds. The van der Waals surface area contributed by atoms with Crippen LogP contribution in [0, 0.1) is 11.7 Å². The molecule has 5 rings (SSSR count). The maximum atomic E-state index is 13.6. The lowest BCUT2D eigenvalue weighted by atomic mass is 9.78. The smallest absolute Gasteiger partial charge is 0.233 e. The third-order valence-corrected chi connectivity index (χ3v) is 7.17. The van der Waals surface area contributed by atoms with Gasteiger partial charge in [-0.3, -0.25) is 4.79 Å². The molecule has 2 unspecified atom stereocenters. The lowest BCUT2D eigenvalue weighted by Crippen LogP contribution is -2.55. The number of benzene rings is 4. The van der Waals surface area contributed by atoms with E-state index in [-0.39, 0.29) is 23.7 Å². The zero-order valence-electron chi connectivity index (χ0n) is 19.8. The molecule has 5 heteroatoms. The highest BCUT2D eigenvalue weighted by Gasteiger charge is 2.49. The number of carbonyl (C=O) groups is 1. The van der Waals surface area contributed by atoms with Crippen molar-refractivity contribution in [2.24, 2.45) is 5.92 Å². The first-order chi connectivity index (χ1) is 17.6. The zero-order chi connectivity index (χ0) is 24.9. The van der Waals surface area contributed by atoms with Crippen LogP contribution in [-0.2, 0) is 17.8 Å². The molecule has 0 saturated carbocycles. The number of ether oxygens (including phenoxy) is 1. The van der Waals surface area contributed by atoms with Crippen molar-refractivity contribution in [2.75, 3.05) is 4.90 Å². The largest absolute Gasteiger partial charge is 0.489 e. The molecule has 1 saturated heterocycles. The van der Waals surface area contributed by atoms with Gasteiger partial charge in [0.1, 0.15) is 18.2 Å². The van der Waals surface area contributed by atoms with Crippen molar-refractivity contribution in [3.63, 3.8) is 0 Å². The monoisotopic (exact) mass is 543 g/mol. The summed E-state index contributed by atoms with van der Waals surface area (Å²) in [5.74, 6) is 0.319. The SMILES string of the molecule is O=C1C(CCCc2ccccc2)C(c2ccc(Br)cc2OCc2ccccc2)N1c1ccc(F)cc1. The zero-order valence-corrected chi connectivity index (χ0v) is 21.4.